The van der Waals surface area contributed by atoms with Gasteiger partial charge in [-0.15, -0.1) is 0 Å². The van der Waals surface area contributed by atoms with E-state index in [-0.39, 0.29) is 12.6 Å². The number of hydrogen-bond acceptors (Lipinski definition) is 2. The summed E-state index contributed by atoms with van der Waals surface area (Å²) in [6.07, 6.45) is 1.67. The highest BCUT2D eigenvalue weighted by atomic mass is 35.5. The molecular weight excluding hydrogens is 294 g/mol. The van der Waals surface area contributed by atoms with Gasteiger partial charge >= 0.3 is 0 Å². The fraction of sp³-hybridized carbons (Fsp3) is 0.263. The summed E-state index contributed by atoms with van der Waals surface area (Å²) in [5, 5.41) is 13.2. The highest BCUT2D eigenvalue weighted by molar-refractivity contribution is 6.30. The van der Waals surface area contributed by atoms with Crippen molar-refractivity contribution >= 4 is 11.6 Å². The molecule has 0 aromatic heterocycles. The van der Waals surface area contributed by atoms with Crippen LogP contribution in [0.15, 0.2) is 54.6 Å². The minimum atomic E-state index is 0.210. The second kappa shape index (κ2) is 9.27. The quantitative estimate of drug-likeness (QED) is 0.795. The summed E-state index contributed by atoms with van der Waals surface area (Å²) in [5.41, 5.74) is 2.18. The van der Waals surface area contributed by atoms with E-state index >= 15 is 0 Å². The van der Waals surface area contributed by atoms with Crippen molar-refractivity contribution in [2.24, 2.45) is 0 Å². The molecule has 22 heavy (non-hydrogen) atoms. The summed E-state index contributed by atoms with van der Waals surface area (Å²) in [4.78, 5) is 0. The van der Waals surface area contributed by atoms with E-state index in [0.717, 1.165) is 23.4 Å². The van der Waals surface area contributed by atoms with E-state index in [9.17, 15) is 0 Å². The largest absolute Gasteiger partial charge is 0.396 e. The van der Waals surface area contributed by atoms with Gasteiger partial charge in [-0.2, -0.15) is 0 Å². The fourth-order valence-electron chi connectivity index (χ4n) is 2.22. The lowest BCUT2D eigenvalue weighted by Crippen LogP contribution is -2.22. The zero-order valence-electron chi connectivity index (χ0n) is 12.4. The normalized spacial score (nSPS) is 11.5. The molecule has 0 bridgehead atoms. The fourth-order valence-corrected chi connectivity index (χ4v) is 2.35. The van der Waals surface area contributed by atoms with Crippen LogP contribution in [0.5, 0.6) is 0 Å². The van der Waals surface area contributed by atoms with Gasteiger partial charge in [-0.3, -0.25) is 5.32 Å². The maximum atomic E-state index is 9.04. The van der Waals surface area contributed by atoms with Crippen molar-refractivity contribution in [1.29, 1.82) is 0 Å². The Morgan fingerprint density at radius 2 is 1.77 bits per heavy atom. The lowest BCUT2D eigenvalue weighted by molar-refractivity contribution is 0.276. The van der Waals surface area contributed by atoms with Gasteiger partial charge in [0.05, 0.1) is 6.54 Å². The highest BCUT2D eigenvalue weighted by Crippen LogP contribution is 2.17. The summed E-state index contributed by atoms with van der Waals surface area (Å²) in [6.45, 7) is 0.815. The molecule has 0 saturated carbocycles. The second-order valence-corrected chi connectivity index (χ2v) is 5.46. The predicted molar refractivity (Wildman–Crippen MR) is 91.8 cm³/mol. The molecule has 0 spiro atoms. The van der Waals surface area contributed by atoms with Crippen LogP contribution in [0.1, 0.15) is 30.0 Å². The van der Waals surface area contributed by atoms with Gasteiger partial charge in [0.25, 0.3) is 0 Å². The third-order valence-corrected chi connectivity index (χ3v) is 3.62. The van der Waals surface area contributed by atoms with Gasteiger partial charge in [-0.25, -0.2) is 0 Å². The summed E-state index contributed by atoms with van der Waals surface area (Å²) in [6, 6.07) is 18.0. The van der Waals surface area contributed by atoms with Crippen molar-refractivity contribution in [2.75, 3.05) is 13.2 Å². The number of hydrogen-bond donors (Lipinski definition) is 2. The summed E-state index contributed by atoms with van der Waals surface area (Å²) in [5.74, 6) is 6.25. The molecule has 2 rings (SSSR count). The second-order valence-electron chi connectivity index (χ2n) is 5.02. The van der Waals surface area contributed by atoms with Crippen LogP contribution in [0.4, 0.5) is 0 Å². The van der Waals surface area contributed by atoms with Crippen molar-refractivity contribution in [2.45, 2.75) is 18.9 Å². The van der Waals surface area contributed by atoms with Gasteiger partial charge < -0.3 is 5.11 Å². The molecular formula is C19H20ClNO. The molecule has 2 nitrogen and oxygen atoms in total. The predicted octanol–water partition coefficient (Wildman–Crippen LogP) is 3.79. The van der Waals surface area contributed by atoms with Gasteiger partial charge in [0.1, 0.15) is 0 Å². The van der Waals surface area contributed by atoms with Crippen LogP contribution < -0.4 is 5.32 Å². The number of benzene rings is 2. The number of halogens is 1. The molecule has 0 radical (unpaired) electrons. The van der Waals surface area contributed by atoms with E-state index < -0.39 is 0 Å². The lowest BCUT2D eigenvalue weighted by atomic mass is 10.0. The van der Waals surface area contributed by atoms with Gasteiger partial charge in [0.2, 0.25) is 0 Å². The Hall–Kier alpha value is -1.79. The standard InChI is InChI=1S/C19H20ClNO/c20-18-12-10-16(11-13-18)6-4-14-21-19(9-5-15-22)17-7-2-1-3-8-17/h1-3,7-8,10-13,19,21-22H,5,9,14-15H2. The minimum absolute atomic E-state index is 0.210. The smallest absolute Gasteiger partial charge is 0.0585 e. The van der Waals surface area contributed by atoms with Crippen LogP contribution in [0.2, 0.25) is 5.02 Å². The molecule has 0 aliphatic carbocycles. The lowest BCUT2D eigenvalue weighted by Gasteiger charge is -2.17. The molecule has 0 aliphatic heterocycles. The van der Waals surface area contributed by atoms with E-state index in [2.05, 4.69) is 29.3 Å². The first-order valence-corrected chi connectivity index (χ1v) is 7.81. The molecule has 0 aliphatic rings. The van der Waals surface area contributed by atoms with Crippen molar-refractivity contribution in [3.05, 3.63) is 70.7 Å². The van der Waals surface area contributed by atoms with E-state index in [0.29, 0.717) is 6.54 Å². The van der Waals surface area contributed by atoms with Gasteiger partial charge in [0, 0.05) is 23.2 Å². The van der Waals surface area contributed by atoms with Crippen LogP contribution in [0.3, 0.4) is 0 Å². The summed E-state index contributed by atoms with van der Waals surface area (Å²) >= 11 is 5.85. The molecule has 0 fully saturated rings. The number of nitrogens with one attached hydrogen (secondary N) is 1. The van der Waals surface area contributed by atoms with Crippen molar-refractivity contribution in [3.8, 4) is 11.8 Å². The first-order chi connectivity index (χ1) is 10.8. The Morgan fingerprint density at radius 3 is 2.45 bits per heavy atom. The zero-order chi connectivity index (χ0) is 15.6. The first-order valence-electron chi connectivity index (χ1n) is 7.43. The molecule has 114 valence electrons. The Balaban J connectivity index is 1.93. The van der Waals surface area contributed by atoms with Crippen LogP contribution in [-0.2, 0) is 0 Å². The van der Waals surface area contributed by atoms with Crippen LogP contribution in [0, 0.1) is 11.8 Å². The van der Waals surface area contributed by atoms with Crippen molar-refractivity contribution in [3.63, 3.8) is 0 Å². The van der Waals surface area contributed by atoms with Crippen LogP contribution >= 0.6 is 11.6 Å². The molecule has 2 aromatic carbocycles. The monoisotopic (exact) mass is 313 g/mol. The topological polar surface area (TPSA) is 32.3 Å². The van der Waals surface area contributed by atoms with E-state index in [1.54, 1.807) is 0 Å². The molecule has 1 unspecified atom stereocenters. The van der Waals surface area contributed by atoms with Crippen LogP contribution in [-0.4, -0.2) is 18.3 Å². The average molecular weight is 314 g/mol. The highest BCUT2D eigenvalue weighted by Gasteiger charge is 2.08. The molecule has 2 aromatic rings. The molecule has 1 atom stereocenters. The minimum Gasteiger partial charge on any atom is -0.396 e. The first kappa shape index (κ1) is 16.6. The van der Waals surface area contributed by atoms with Gasteiger partial charge in [0.15, 0.2) is 0 Å². The van der Waals surface area contributed by atoms with E-state index in [4.69, 9.17) is 16.7 Å². The Morgan fingerprint density at radius 1 is 1.05 bits per heavy atom. The molecule has 0 amide bonds. The van der Waals surface area contributed by atoms with Crippen molar-refractivity contribution in [1.82, 2.24) is 5.32 Å². The Kier molecular flexibility index (Phi) is 6.99. The molecule has 2 N–H and O–H groups in total. The molecule has 3 heteroatoms. The number of aliphatic hydroxyl groups excluding tert-OH is 1. The third-order valence-electron chi connectivity index (χ3n) is 3.37. The molecule has 0 saturated heterocycles. The average Bonchev–Trinajstić information content (AvgIpc) is 2.56. The van der Waals surface area contributed by atoms with Crippen LogP contribution in [0.25, 0.3) is 0 Å². The third kappa shape index (κ3) is 5.54. The Bertz CT molecular complexity index is 613. The Labute approximate surface area is 137 Å². The zero-order valence-corrected chi connectivity index (χ0v) is 13.2. The van der Waals surface area contributed by atoms with E-state index in [1.165, 1.54) is 5.56 Å². The maximum Gasteiger partial charge on any atom is 0.0585 e. The number of rotatable bonds is 6. The SMILES string of the molecule is OCCCC(NCC#Cc1ccc(Cl)cc1)c1ccccc1. The van der Waals surface area contributed by atoms with E-state index in [1.807, 2.05) is 42.5 Å². The molecule has 0 heterocycles. The maximum absolute atomic E-state index is 9.04. The van der Waals surface area contributed by atoms with Crippen molar-refractivity contribution < 1.29 is 5.11 Å². The summed E-state index contributed by atoms with van der Waals surface area (Å²) < 4.78 is 0. The van der Waals surface area contributed by atoms with Gasteiger partial charge in [-0.05, 0) is 42.7 Å². The van der Waals surface area contributed by atoms with Gasteiger partial charge in [-0.1, -0.05) is 53.8 Å². The number of aliphatic hydroxyl groups is 1. The summed E-state index contributed by atoms with van der Waals surface area (Å²) in [7, 11) is 0.